The molecule has 2 aromatic heterocycles. The van der Waals surface area contributed by atoms with Crippen molar-refractivity contribution in [3.8, 4) is 0 Å². The Morgan fingerprint density at radius 1 is 1.07 bits per heavy atom. The Balaban J connectivity index is 1.46. The molecular formula is C20H27N7O2. The Bertz CT molecular complexity index is 941. The van der Waals surface area contributed by atoms with Crippen LogP contribution in [-0.4, -0.2) is 65.5 Å². The number of ether oxygens (including phenoxy) is 1. The molecule has 2 saturated heterocycles. The summed E-state index contributed by atoms with van der Waals surface area (Å²) >= 11 is 0. The second-order valence-electron chi connectivity index (χ2n) is 7.99. The summed E-state index contributed by atoms with van der Waals surface area (Å²) in [5.74, 6) is 2.79. The first-order chi connectivity index (χ1) is 14.2. The van der Waals surface area contributed by atoms with Crippen LogP contribution in [0.5, 0.6) is 0 Å². The number of nitrogens with zero attached hydrogens (tertiary/aromatic N) is 6. The SMILES string of the molecule is CCNc1nc(N2CCOCC2)nc(N2C[C@H]3C[C@@H](C2)c2cccc(=O)n2C3)n1. The molecule has 0 aromatic carbocycles. The van der Waals surface area contributed by atoms with E-state index in [1.165, 1.54) is 0 Å². The summed E-state index contributed by atoms with van der Waals surface area (Å²) in [6.07, 6.45) is 1.11. The quantitative estimate of drug-likeness (QED) is 0.815. The first kappa shape index (κ1) is 18.4. The molecule has 5 rings (SSSR count). The molecule has 5 heterocycles. The lowest BCUT2D eigenvalue weighted by molar-refractivity contribution is 0.122. The topological polar surface area (TPSA) is 88.4 Å². The lowest BCUT2D eigenvalue weighted by atomic mass is 9.83. The normalized spacial score (nSPS) is 23.6. The number of piperidine rings is 1. The zero-order valence-electron chi connectivity index (χ0n) is 16.8. The van der Waals surface area contributed by atoms with Gasteiger partial charge in [0.15, 0.2) is 0 Å². The molecule has 0 spiro atoms. The second-order valence-corrected chi connectivity index (χ2v) is 7.99. The molecule has 9 nitrogen and oxygen atoms in total. The predicted octanol–water partition coefficient (Wildman–Crippen LogP) is 0.925. The van der Waals surface area contributed by atoms with Gasteiger partial charge in [0.25, 0.3) is 5.56 Å². The average Bonchev–Trinajstić information content (AvgIpc) is 2.75. The van der Waals surface area contributed by atoms with Gasteiger partial charge in [0.1, 0.15) is 0 Å². The fourth-order valence-corrected chi connectivity index (χ4v) is 4.70. The van der Waals surface area contributed by atoms with Gasteiger partial charge in [-0.25, -0.2) is 0 Å². The van der Waals surface area contributed by atoms with Crippen LogP contribution in [0.3, 0.4) is 0 Å². The monoisotopic (exact) mass is 397 g/mol. The highest BCUT2D eigenvalue weighted by Gasteiger charge is 2.35. The minimum absolute atomic E-state index is 0.106. The summed E-state index contributed by atoms with van der Waals surface area (Å²) in [6.45, 7) is 8.20. The molecule has 1 N–H and O–H groups in total. The van der Waals surface area contributed by atoms with Gasteiger partial charge in [0.2, 0.25) is 17.8 Å². The Labute approximate surface area is 169 Å². The average molecular weight is 397 g/mol. The van der Waals surface area contributed by atoms with Gasteiger partial charge in [-0.15, -0.1) is 0 Å². The minimum Gasteiger partial charge on any atom is -0.378 e. The van der Waals surface area contributed by atoms with Gasteiger partial charge in [-0.1, -0.05) is 6.07 Å². The summed E-state index contributed by atoms with van der Waals surface area (Å²) in [5.41, 5.74) is 1.24. The number of hydrogen-bond acceptors (Lipinski definition) is 8. The minimum atomic E-state index is 0.106. The van der Waals surface area contributed by atoms with E-state index >= 15 is 0 Å². The van der Waals surface area contributed by atoms with E-state index in [1.807, 2.05) is 17.6 Å². The van der Waals surface area contributed by atoms with Gasteiger partial charge < -0.3 is 24.4 Å². The molecule has 2 fully saturated rings. The Kier molecular flexibility index (Phi) is 4.83. The molecule has 154 valence electrons. The number of rotatable bonds is 4. The molecule has 2 atom stereocenters. The van der Waals surface area contributed by atoms with Crippen LogP contribution in [0.4, 0.5) is 17.8 Å². The number of pyridine rings is 1. The van der Waals surface area contributed by atoms with Crippen LogP contribution in [0.2, 0.25) is 0 Å². The van der Waals surface area contributed by atoms with E-state index in [1.54, 1.807) is 6.07 Å². The summed E-state index contributed by atoms with van der Waals surface area (Å²) in [5, 5.41) is 3.25. The zero-order chi connectivity index (χ0) is 19.8. The molecule has 0 radical (unpaired) electrons. The first-order valence-corrected chi connectivity index (χ1v) is 10.5. The molecule has 2 aromatic rings. The van der Waals surface area contributed by atoms with E-state index in [-0.39, 0.29) is 5.56 Å². The number of nitrogens with one attached hydrogen (secondary N) is 1. The number of anilines is 3. The van der Waals surface area contributed by atoms with Crippen LogP contribution >= 0.6 is 0 Å². The van der Waals surface area contributed by atoms with Crippen LogP contribution in [0.25, 0.3) is 0 Å². The van der Waals surface area contributed by atoms with Crippen molar-refractivity contribution in [1.29, 1.82) is 0 Å². The first-order valence-electron chi connectivity index (χ1n) is 10.5. The van der Waals surface area contributed by atoms with Crippen LogP contribution in [-0.2, 0) is 11.3 Å². The molecule has 3 aliphatic rings. The van der Waals surface area contributed by atoms with Gasteiger partial charge in [0, 0.05) is 56.9 Å². The largest absolute Gasteiger partial charge is 0.378 e. The highest BCUT2D eigenvalue weighted by molar-refractivity contribution is 5.46. The summed E-state index contributed by atoms with van der Waals surface area (Å²) in [6, 6.07) is 5.62. The van der Waals surface area contributed by atoms with Gasteiger partial charge >= 0.3 is 0 Å². The number of morpholine rings is 1. The van der Waals surface area contributed by atoms with E-state index in [9.17, 15) is 4.79 Å². The van der Waals surface area contributed by atoms with Crippen LogP contribution in [0, 0.1) is 5.92 Å². The third kappa shape index (κ3) is 3.55. The van der Waals surface area contributed by atoms with E-state index in [0.29, 0.717) is 36.9 Å². The van der Waals surface area contributed by atoms with Crippen LogP contribution < -0.4 is 20.7 Å². The van der Waals surface area contributed by atoms with Crippen molar-refractivity contribution in [2.24, 2.45) is 5.92 Å². The van der Waals surface area contributed by atoms with Gasteiger partial charge in [-0.2, -0.15) is 15.0 Å². The molecule has 0 amide bonds. The predicted molar refractivity (Wildman–Crippen MR) is 111 cm³/mol. The Hall–Kier alpha value is -2.68. The lowest BCUT2D eigenvalue weighted by Gasteiger charge is -2.42. The molecular weight excluding hydrogens is 370 g/mol. The van der Waals surface area contributed by atoms with Crippen molar-refractivity contribution in [2.75, 3.05) is 61.1 Å². The van der Waals surface area contributed by atoms with Crippen molar-refractivity contribution in [3.63, 3.8) is 0 Å². The number of fused-ring (bicyclic) bond motifs is 4. The lowest BCUT2D eigenvalue weighted by Crippen LogP contribution is -2.48. The molecule has 29 heavy (non-hydrogen) atoms. The summed E-state index contributed by atoms with van der Waals surface area (Å²) in [7, 11) is 0. The maximum Gasteiger partial charge on any atom is 0.250 e. The van der Waals surface area contributed by atoms with E-state index in [2.05, 4.69) is 26.2 Å². The summed E-state index contributed by atoms with van der Waals surface area (Å²) < 4.78 is 7.42. The Morgan fingerprint density at radius 2 is 1.86 bits per heavy atom. The molecule has 0 aliphatic carbocycles. The van der Waals surface area contributed by atoms with Crippen LogP contribution in [0.1, 0.15) is 25.0 Å². The maximum absolute atomic E-state index is 12.3. The highest BCUT2D eigenvalue weighted by atomic mass is 16.5. The molecule has 0 unspecified atom stereocenters. The number of aromatic nitrogens is 4. The fourth-order valence-electron chi connectivity index (χ4n) is 4.70. The fraction of sp³-hybridized carbons (Fsp3) is 0.600. The van der Waals surface area contributed by atoms with Crippen molar-refractivity contribution in [1.82, 2.24) is 19.5 Å². The highest BCUT2D eigenvalue weighted by Crippen LogP contribution is 2.36. The van der Waals surface area contributed by atoms with Gasteiger partial charge in [0.05, 0.1) is 13.2 Å². The smallest absolute Gasteiger partial charge is 0.250 e. The van der Waals surface area contributed by atoms with E-state index in [0.717, 1.165) is 57.3 Å². The van der Waals surface area contributed by atoms with E-state index < -0.39 is 0 Å². The second kappa shape index (κ2) is 7.62. The molecule has 2 bridgehead atoms. The van der Waals surface area contributed by atoms with E-state index in [4.69, 9.17) is 14.7 Å². The van der Waals surface area contributed by atoms with Crippen molar-refractivity contribution in [3.05, 3.63) is 34.2 Å². The standard InChI is InChI=1S/C20H27N7O2/c1-2-21-18-22-19(25-6-8-29-9-7-25)24-20(23-18)26-11-14-10-15(13-26)16-4-3-5-17(28)27(16)12-14/h3-5,14-15H,2,6-13H2,1H3,(H,21,22,23,24)/t14-,15+/m1/s1. The van der Waals surface area contributed by atoms with Crippen molar-refractivity contribution < 1.29 is 4.74 Å². The number of hydrogen-bond donors (Lipinski definition) is 1. The van der Waals surface area contributed by atoms with Crippen LogP contribution in [0.15, 0.2) is 23.0 Å². The molecule has 9 heteroatoms. The summed E-state index contributed by atoms with van der Waals surface area (Å²) in [4.78, 5) is 30.9. The van der Waals surface area contributed by atoms with Crippen molar-refractivity contribution >= 4 is 17.8 Å². The third-order valence-electron chi connectivity index (χ3n) is 6.00. The van der Waals surface area contributed by atoms with Crippen molar-refractivity contribution in [2.45, 2.75) is 25.8 Å². The molecule has 3 aliphatic heterocycles. The maximum atomic E-state index is 12.3. The van der Waals surface area contributed by atoms with Gasteiger partial charge in [-0.05, 0) is 25.3 Å². The Morgan fingerprint density at radius 3 is 2.66 bits per heavy atom. The van der Waals surface area contributed by atoms with Gasteiger partial charge in [-0.3, -0.25) is 4.79 Å². The zero-order valence-corrected chi connectivity index (χ0v) is 16.8. The molecule has 0 saturated carbocycles. The third-order valence-corrected chi connectivity index (χ3v) is 6.00.